The number of rotatable bonds is 5. The molecule has 0 spiro atoms. The van der Waals surface area contributed by atoms with Gasteiger partial charge in [-0.2, -0.15) is 5.26 Å². The third kappa shape index (κ3) is 3.20. The van der Waals surface area contributed by atoms with E-state index in [1.807, 2.05) is 6.07 Å². The Labute approximate surface area is 138 Å². The number of nitrogens with one attached hydrogen (secondary N) is 1. The van der Waals surface area contributed by atoms with E-state index < -0.39 is 0 Å². The second-order valence-corrected chi connectivity index (χ2v) is 6.12. The summed E-state index contributed by atoms with van der Waals surface area (Å²) < 4.78 is 6.48. The fourth-order valence-corrected chi connectivity index (χ4v) is 3.15. The fourth-order valence-electron chi connectivity index (χ4n) is 1.74. The average Bonchev–Trinajstić information content (AvgIpc) is 3.26. The lowest BCUT2D eigenvalue weighted by molar-refractivity contribution is -0.113. The topological polar surface area (TPSA) is 123 Å². The highest BCUT2D eigenvalue weighted by Gasteiger charge is 2.16. The molecule has 10 heteroatoms. The highest BCUT2D eigenvalue weighted by Crippen LogP contribution is 2.24. The van der Waals surface area contributed by atoms with Crippen LogP contribution in [0.4, 0.5) is 5.00 Å². The van der Waals surface area contributed by atoms with Gasteiger partial charge in [-0.25, -0.2) is 4.68 Å². The van der Waals surface area contributed by atoms with Crippen molar-refractivity contribution in [1.82, 2.24) is 14.9 Å². The lowest BCUT2D eigenvalue weighted by Gasteiger charge is -2.03. The fraction of sp³-hybridized carbons (Fsp3) is 0.0769. The number of nitriles is 1. The van der Waals surface area contributed by atoms with Gasteiger partial charge >= 0.3 is 0 Å². The predicted octanol–water partition coefficient (Wildman–Crippen LogP) is 1.92. The SMILES string of the molecule is N#Cc1ccsc1NC(=O)CSc1nnc(-c2ccco2)n1N. The zero-order valence-corrected chi connectivity index (χ0v) is 13.2. The van der Waals surface area contributed by atoms with Crippen LogP contribution >= 0.6 is 23.1 Å². The van der Waals surface area contributed by atoms with E-state index in [-0.39, 0.29) is 11.7 Å². The first kappa shape index (κ1) is 15.1. The van der Waals surface area contributed by atoms with E-state index >= 15 is 0 Å². The molecule has 0 aliphatic rings. The van der Waals surface area contributed by atoms with Crippen LogP contribution in [0, 0.1) is 11.3 Å². The number of nitrogens with zero attached hydrogens (tertiary/aromatic N) is 4. The van der Waals surface area contributed by atoms with Crippen molar-refractivity contribution in [2.45, 2.75) is 5.16 Å². The zero-order chi connectivity index (χ0) is 16.2. The van der Waals surface area contributed by atoms with Gasteiger partial charge in [0, 0.05) is 0 Å². The number of nitrogen functional groups attached to an aromatic ring is 1. The second-order valence-electron chi connectivity index (χ2n) is 4.27. The van der Waals surface area contributed by atoms with Gasteiger partial charge in [0.15, 0.2) is 5.76 Å². The van der Waals surface area contributed by atoms with Gasteiger partial charge in [0.2, 0.25) is 16.9 Å². The number of nitrogens with two attached hydrogens (primary N) is 1. The van der Waals surface area contributed by atoms with Crippen molar-refractivity contribution in [2.24, 2.45) is 0 Å². The van der Waals surface area contributed by atoms with E-state index in [2.05, 4.69) is 15.5 Å². The summed E-state index contributed by atoms with van der Waals surface area (Å²) in [6, 6.07) is 7.10. The highest BCUT2D eigenvalue weighted by molar-refractivity contribution is 7.99. The molecule has 3 aromatic rings. The molecule has 8 nitrogen and oxygen atoms in total. The Morgan fingerprint density at radius 2 is 2.39 bits per heavy atom. The number of furan rings is 1. The summed E-state index contributed by atoms with van der Waals surface area (Å²) in [6.07, 6.45) is 1.51. The summed E-state index contributed by atoms with van der Waals surface area (Å²) in [7, 11) is 0. The first-order valence-electron chi connectivity index (χ1n) is 6.33. The first-order valence-corrected chi connectivity index (χ1v) is 8.20. The van der Waals surface area contributed by atoms with E-state index in [4.69, 9.17) is 15.5 Å². The molecule has 0 radical (unpaired) electrons. The van der Waals surface area contributed by atoms with Crippen LogP contribution in [0.25, 0.3) is 11.6 Å². The number of carbonyl (C=O) groups is 1. The van der Waals surface area contributed by atoms with Crippen LogP contribution in [0.15, 0.2) is 39.4 Å². The van der Waals surface area contributed by atoms with Crippen LogP contribution in [-0.2, 0) is 4.79 Å². The van der Waals surface area contributed by atoms with Crippen molar-refractivity contribution in [2.75, 3.05) is 16.9 Å². The average molecular weight is 346 g/mol. The molecule has 0 bridgehead atoms. The quantitative estimate of drug-likeness (QED) is 0.534. The van der Waals surface area contributed by atoms with Gasteiger partial charge in [-0.3, -0.25) is 4.79 Å². The van der Waals surface area contributed by atoms with E-state index in [0.717, 1.165) is 11.8 Å². The molecule has 1 amide bonds. The van der Waals surface area contributed by atoms with Crippen molar-refractivity contribution in [3.8, 4) is 17.7 Å². The van der Waals surface area contributed by atoms with E-state index in [1.54, 1.807) is 23.6 Å². The maximum absolute atomic E-state index is 11.9. The van der Waals surface area contributed by atoms with Gasteiger partial charge in [0.1, 0.15) is 11.1 Å². The minimum absolute atomic E-state index is 0.0935. The number of carbonyl (C=O) groups excluding carboxylic acids is 1. The molecule has 116 valence electrons. The van der Waals surface area contributed by atoms with Gasteiger partial charge in [0.25, 0.3) is 0 Å². The molecule has 0 saturated heterocycles. The smallest absolute Gasteiger partial charge is 0.235 e. The number of thiophene rings is 1. The Hall–Kier alpha value is -2.77. The molecule has 0 unspecified atom stereocenters. The maximum Gasteiger partial charge on any atom is 0.235 e. The van der Waals surface area contributed by atoms with Crippen molar-refractivity contribution in [1.29, 1.82) is 5.26 Å². The molecule has 0 aliphatic carbocycles. The molecule has 3 rings (SSSR count). The summed E-state index contributed by atoms with van der Waals surface area (Å²) in [5.74, 6) is 6.61. The highest BCUT2D eigenvalue weighted by atomic mass is 32.2. The van der Waals surface area contributed by atoms with Gasteiger partial charge in [-0.1, -0.05) is 11.8 Å². The van der Waals surface area contributed by atoms with Gasteiger partial charge in [-0.15, -0.1) is 21.5 Å². The van der Waals surface area contributed by atoms with Crippen LogP contribution in [0.5, 0.6) is 0 Å². The Bertz CT molecular complexity index is 862. The van der Waals surface area contributed by atoms with E-state index in [1.165, 1.54) is 22.3 Å². The monoisotopic (exact) mass is 346 g/mol. The summed E-state index contributed by atoms with van der Waals surface area (Å²) in [5, 5.41) is 22.1. The zero-order valence-electron chi connectivity index (χ0n) is 11.6. The molecular formula is C13H10N6O2S2. The third-order valence-corrected chi connectivity index (χ3v) is 4.55. The van der Waals surface area contributed by atoms with E-state index in [0.29, 0.717) is 27.3 Å². The number of hydrogen-bond donors (Lipinski definition) is 2. The Balaban J connectivity index is 1.63. The largest absolute Gasteiger partial charge is 0.461 e. The summed E-state index contributed by atoms with van der Waals surface area (Å²) >= 11 is 2.44. The molecule has 23 heavy (non-hydrogen) atoms. The van der Waals surface area contributed by atoms with Crippen molar-refractivity contribution >= 4 is 34.0 Å². The minimum atomic E-state index is -0.253. The van der Waals surface area contributed by atoms with Crippen LogP contribution < -0.4 is 11.2 Å². The standard InChI is InChI=1S/C13H10N6O2S2/c14-6-8-3-5-22-12(8)16-10(20)7-23-13-18-17-11(19(13)15)9-2-1-4-21-9/h1-5H,7,15H2,(H,16,20). The molecule has 3 N–H and O–H groups in total. The van der Waals surface area contributed by atoms with E-state index in [9.17, 15) is 4.79 Å². The molecule has 0 atom stereocenters. The molecule has 0 fully saturated rings. The third-order valence-electron chi connectivity index (χ3n) is 2.78. The number of aromatic nitrogens is 3. The number of hydrogen-bond acceptors (Lipinski definition) is 8. The van der Waals surface area contributed by atoms with Gasteiger partial charge in [0.05, 0.1) is 17.6 Å². The normalized spacial score (nSPS) is 10.4. The molecule has 0 aliphatic heterocycles. The number of amides is 1. The van der Waals surface area contributed by atoms with Crippen molar-refractivity contribution < 1.29 is 9.21 Å². The minimum Gasteiger partial charge on any atom is -0.461 e. The lowest BCUT2D eigenvalue weighted by Crippen LogP contribution is -2.16. The van der Waals surface area contributed by atoms with Crippen LogP contribution in [0.2, 0.25) is 0 Å². The first-order chi connectivity index (χ1) is 11.2. The number of anilines is 1. The Kier molecular flexibility index (Phi) is 4.31. The molecule has 0 saturated carbocycles. The maximum atomic E-state index is 11.9. The Morgan fingerprint density at radius 3 is 3.13 bits per heavy atom. The number of thioether (sulfide) groups is 1. The van der Waals surface area contributed by atoms with Crippen LogP contribution in [-0.4, -0.2) is 26.5 Å². The van der Waals surface area contributed by atoms with Gasteiger partial charge < -0.3 is 15.6 Å². The van der Waals surface area contributed by atoms with Crippen molar-refractivity contribution in [3.63, 3.8) is 0 Å². The molecule has 0 aromatic carbocycles. The summed E-state index contributed by atoms with van der Waals surface area (Å²) in [6.45, 7) is 0. The summed E-state index contributed by atoms with van der Waals surface area (Å²) in [4.78, 5) is 11.9. The van der Waals surface area contributed by atoms with Crippen LogP contribution in [0.1, 0.15) is 5.56 Å². The van der Waals surface area contributed by atoms with Crippen molar-refractivity contribution in [3.05, 3.63) is 35.4 Å². The Morgan fingerprint density at radius 1 is 1.52 bits per heavy atom. The second kappa shape index (κ2) is 6.55. The molecule has 3 aromatic heterocycles. The lowest BCUT2D eigenvalue weighted by atomic mass is 10.3. The predicted molar refractivity (Wildman–Crippen MR) is 86.3 cm³/mol. The molecule has 3 heterocycles. The van der Waals surface area contributed by atoms with Gasteiger partial charge in [-0.05, 0) is 23.6 Å². The summed E-state index contributed by atoms with van der Waals surface area (Å²) in [5.41, 5.74) is 0.440. The van der Waals surface area contributed by atoms with Crippen LogP contribution in [0.3, 0.4) is 0 Å². The molecular weight excluding hydrogens is 336 g/mol.